The summed E-state index contributed by atoms with van der Waals surface area (Å²) in [5, 5.41) is 0. The van der Waals surface area contributed by atoms with Crippen molar-refractivity contribution in [2.75, 3.05) is 76.0 Å². The number of rotatable bonds is 11. The molecule has 5 rings (SSSR count). The van der Waals surface area contributed by atoms with E-state index in [4.69, 9.17) is 0 Å². The van der Waals surface area contributed by atoms with Gasteiger partial charge in [-0.1, -0.05) is 60.7 Å². The van der Waals surface area contributed by atoms with Gasteiger partial charge in [-0.25, -0.2) is 0 Å². The maximum atomic E-state index is 13.8. The molecular weight excluding hydrogens is 620 g/mol. The fourth-order valence-corrected chi connectivity index (χ4v) is 6.00. The third kappa shape index (κ3) is 7.78. The number of benzene rings is 4. The highest BCUT2D eigenvalue weighted by molar-refractivity contribution is 6.59. The Morgan fingerprint density at radius 3 is 1.12 bits per heavy atom. The first-order valence-corrected chi connectivity index (χ1v) is 16.7. The number of carbonyl (C=O) groups excluding carboxylic acids is 3. The van der Waals surface area contributed by atoms with Crippen LogP contribution in [0.2, 0.25) is 0 Å². The smallest absolute Gasteiger partial charge is 0.232 e. The summed E-state index contributed by atoms with van der Waals surface area (Å²) in [6.45, 7) is 0. The van der Waals surface area contributed by atoms with E-state index < -0.39 is 23.3 Å². The highest BCUT2D eigenvalue weighted by Crippen LogP contribution is 2.32. The van der Waals surface area contributed by atoms with Gasteiger partial charge in [0.1, 0.15) is 0 Å². The van der Waals surface area contributed by atoms with Crippen LogP contribution in [0.15, 0.2) is 121 Å². The van der Waals surface area contributed by atoms with Gasteiger partial charge in [0, 0.05) is 79.1 Å². The maximum absolute atomic E-state index is 13.8. The SMILES string of the molecule is CN(C)c1ccc(C(=C/C=C2\C(=O)C(=O)C(CC=C(c3ccc(N(C)C)cc3)c3ccc(N(C)C)cc3)C2=O)c2ccc(N(C)C)cc2)cc1. The summed E-state index contributed by atoms with van der Waals surface area (Å²) in [6.07, 6.45) is 5.36. The Labute approximate surface area is 296 Å². The lowest BCUT2D eigenvalue weighted by molar-refractivity contribution is -0.135. The Morgan fingerprint density at radius 1 is 0.480 bits per heavy atom. The molecule has 1 fully saturated rings. The van der Waals surface area contributed by atoms with Crippen molar-refractivity contribution in [2.45, 2.75) is 6.42 Å². The first kappa shape index (κ1) is 35.6. The molecule has 7 heteroatoms. The zero-order valence-electron chi connectivity index (χ0n) is 30.3. The quantitative estimate of drug-likeness (QED) is 0.0728. The molecule has 1 atom stereocenters. The Hall–Kier alpha value is -5.69. The largest absolute Gasteiger partial charge is 0.378 e. The Bertz CT molecular complexity index is 1840. The first-order valence-electron chi connectivity index (χ1n) is 16.7. The van der Waals surface area contributed by atoms with Crippen LogP contribution in [0.5, 0.6) is 0 Å². The van der Waals surface area contributed by atoms with Gasteiger partial charge in [0.15, 0.2) is 5.78 Å². The van der Waals surface area contributed by atoms with Gasteiger partial charge in [-0.15, -0.1) is 0 Å². The highest BCUT2D eigenvalue weighted by Gasteiger charge is 2.43. The minimum Gasteiger partial charge on any atom is -0.378 e. The van der Waals surface area contributed by atoms with Crippen molar-refractivity contribution < 1.29 is 14.4 Å². The van der Waals surface area contributed by atoms with Gasteiger partial charge in [0.05, 0.1) is 11.5 Å². The van der Waals surface area contributed by atoms with Crippen molar-refractivity contribution in [3.63, 3.8) is 0 Å². The molecular formula is C43H46N4O3. The molecule has 0 saturated heterocycles. The monoisotopic (exact) mass is 666 g/mol. The van der Waals surface area contributed by atoms with Crippen molar-refractivity contribution in [1.29, 1.82) is 0 Å². The minimum atomic E-state index is -1.07. The van der Waals surface area contributed by atoms with Crippen LogP contribution < -0.4 is 19.6 Å². The fourth-order valence-electron chi connectivity index (χ4n) is 6.00. The van der Waals surface area contributed by atoms with Crippen LogP contribution in [0.25, 0.3) is 11.1 Å². The zero-order valence-corrected chi connectivity index (χ0v) is 30.3. The molecule has 0 N–H and O–H groups in total. The van der Waals surface area contributed by atoms with E-state index in [0.29, 0.717) is 0 Å². The zero-order chi connectivity index (χ0) is 36.1. The number of hydrogen-bond acceptors (Lipinski definition) is 7. The molecule has 0 bridgehead atoms. The van der Waals surface area contributed by atoms with Crippen molar-refractivity contribution >= 4 is 51.2 Å². The van der Waals surface area contributed by atoms with E-state index in [1.807, 2.05) is 179 Å². The molecule has 256 valence electrons. The van der Waals surface area contributed by atoms with Gasteiger partial charge in [0.25, 0.3) is 0 Å². The summed E-state index contributed by atoms with van der Waals surface area (Å²) in [6, 6.07) is 32.5. The Balaban J connectivity index is 1.50. The second-order valence-corrected chi connectivity index (χ2v) is 13.4. The molecule has 0 radical (unpaired) electrons. The summed E-state index contributed by atoms with van der Waals surface area (Å²) in [7, 11) is 15.9. The van der Waals surface area contributed by atoms with Crippen molar-refractivity contribution in [2.24, 2.45) is 5.92 Å². The molecule has 7 nitrogen and oxygen atoms in total. The normalized spacial score (nSPS) is 14.8. The molecule has 0 heterocycles. The van der Waals surface area contributed by atoms with Gasteiger partial charge in [-0.3, -0.25) is 14.4 Å². The van der Waals surface area contributed by atoms with Crippen molar-refractivity contribution in [3.8, 4) is 0 Å². The van der Waals surface area contributed by atoms with Crippen LogP contribution in [0.1, 0.15) is 28.7 Å². The Morgan fingerprint density at radius 2 is 0.800 bits per heavy atom. The standard InChI is InChI=1S/C43H46N4O3/c1-44(2)33-17-9-29(10-18-33)37(30-11-19-34(20-12-30)45(3)4)25-27-39-41(48)40(43(50)42(39)49)28-26-38(31-13-21-35(22-14-31)46(5)6)32-15-23-36(24-16-32)47(7)8/h9-27,40H,28H2,1-8H3/b39-27-. The molecule has 50 heavy (non-hydrogen) atoms. The average molecular weight is 667 g/mol. The predicted molar refractivity (Wildman–Crippen MR) is 208 cm³/mol. The molecule has 0 aromatic heterocycles. The van der Waals surface area contributed by atoms with Gasteiger partial charge in [-0.05, 0) is 94.4 Å². The van der Waals surface area contributed by atoms with Crippen molar-refractivity contribution in [3.05, 3.63) is 143 Å². The van der Waals surface area contributed by atoms with E-state index in [-0.39, 0.29) is 12.0 Å². The van der Waals surface area contributed by atoms with Gasteiger partial charge >= 0.3 is 0 Å². The average Bonchev–Trinajstić information content (AvgIpc) is 3.31. The Kier molecular flexibility index (Phi) is 10.9. The number of Topliss-reactive ketones (excluding diaryl/α,β-unsaturated/α-hetero) is 3. The van der Waals surface area contributed by atoms with E-state index in [2.05, 4.69) is 0 Å². The number of allylic oxidation sites excluding steroid dienone is 4. The number of anilines is 4. The molecule has 4 aromatic carbocycles. The van der Waals surface area contributed by atoms with Gasteiger partial charge in [0.2, 0.25) is 11.6 Å². The number of nitrogens with zero attached hydrogens (tertiary/aromatic N) is 4. The summed E-state index contributed by atoms with van der Waals surface area (Å²) in [5.74, 6) is -2.91. The lowest BCUT2D eigenvalue weighted by Crippen LogP contribution is -2.16. The molecule has 0 amide bonds. The minimum absolute atomic E-state index is 0.0760. The third-order valence-electron chi connectivity index (χ3n) is 9.12. The van der Waals surface area contributed by atoms with E-state index in [1.54, 1.807) is 6.08 Å². The second kappa shape index (κ2) is 15.2. The van der Waals surface area contributed by atoms with E-state index in [9.17, 15) is 14.4 Å². The van der Waals surface area contributed by atoms with Gasteiger partial charge < -0.3 is 19.6 Å². The third-order valence-corrected chi connectivity index (χ3v) is 9.12. The lowest BCUT2D eigenvalue weighted by Gasteiger charge is -2.16. The summed E-state index contributed by atoms with van der Waals surface area (Å²) in [5.41, 5.74) is 9.68. The maximum Gasteiger partial charge on any atom is 0.232 e. The second-order valence-electron chi connectivity index (χ2n) is 13.4. The molecule has 0 spiro atoms. The molecule has 1 aliphatic rings. The number of hydrogen-bond donors (Lipinski definition) is 0. The highest BCUT2D eigenvalue weighted by atomic mass is 16.2. The van der Waals surface area contributed by atoms with E-state index >= 15 is 0 Å². The van der Waals surface area contributed by atoms with E-state index in [1.165, 1.54) is 6.08 Å². The van der Waals surface area contributed by atoms with Crippen LogP contribution in [-0.2, 0) is 14.4 Å². The van der Waals surface area contributed by atoms with Gasteiger partial charge in [-0.2, -0.15) is 0 Å². The summed E-state index contributed by atoms with van der Waals surface area (Å²) < 4.78 is 0. The van der Waals surface area contributed by atoms with Crippen LogP contribution in [0, 0.1) is 5.92 Å². The fraction of sp³-hybridized carbons (Fsp3) is 0.233. The molecule has 1 aliphatic carbocycles. The van der Waals surface area contributed by atoms with Crippen molar-refractivity contribution in [1.82, 2.24) is 0 Å². The molecule has 1 unspecified atom stereocenters. The number of ketones is 3. The predicted octanol–water partition coefficient (Wildman–Crippen LogP) is 7.17. The summed E-state index contributed by atoms with van der Waals surface area (Å²) in [4.78, 5) is 48.6. The topological polar surface area (TPSA) is 64.2 Å². The van der Waals surface area contributed by atoms with Crippen LogP contribution in [0.4, 0.5) is 22.7 Å². The van der Waals surface area contributed by atoms with E-state index in [0.717, 1.165) is 56.1 Å². The number of carbonyl (C=O) groups is 3. The van der Waals surface area contributed by atoms with Crippen LogP contribution in [-0.4, -0.2) is 73.7 Å². The first-order chi connectivity index (χ1) is 23.8. The molecule has 0 aliphatic heterocycles. The lowest BCUT2D eigenvalue weighted by atomic mass is 9.92. The van der Waals surface area contributed by atoms with Crippen LogP contribution >= 0.6 is 0 Å². The summed E-state index contributed by atoms with van der Waals surface area (Å²) >= 11 is 0. The molecule has 4 aromatic rings. The molecule has 1 saturated carbocycles. The van der Waals surface area contributed by atoms with Crippen LogP contribution in [0.3, 0.4) is 0 Å².